The number of ether oxygens (including phenoxy) is 1. The van der Waals surface area contributed by atoms with Crippen molar-refractivity contribution < 1.29 is 23.1 Å². The molecule has 0 spiro atoms. The van der Waals surface area contributed by atoms with E-state index >= 15 is 0 Å². The number of nitrogens with one attached hydrogen (secondary N) is 2. The summed E-state index contributed by atoms with van der Waals surface area (Å²) in [6.07, 6.45) is 0. The van der Waals surface area contributed by atoms with Gasteiger partial charge >= 0.3 is 12.6 Å². The van der Waals surface area contributed by atoms with Crippen LogP contribution in [0.15, 0.2) is 24.3 Å². The van der Waals surface area contributed by atoms with Crippen LogP contribution in [0.2, 0.25) is 0 Å². The molecule has 1 fully saturated rings. The standard InChI is InChI=1S/C11H10F2N2O3/c1-11(8(16)14-10(17)15-11)6-2-4-7(5-3-6)18-9(12)13/h2-5,9H,1H3,(H2,14,15,16,17). The second kappa shape index (κ2) is 4.25. The number of halogens is 2. The van der Waals surface area contributed by atoms with Crippen LogP contribution in [0.1, 0.15) is 12.5 Å². The second-order valence-electron chi connectivity index (χ2n) is 3.94. The van der Waals surface area contributed by atoms with Gasteiger partial charge in [-0.3, -0.25) is 10.1 Å². The molecule has 1 unspecified atom stereocenters. The molecule has 0 aliphatic carbocycles. The summed E-state index contributed by atoms with van der Waals surface area (Å²) in [6.45, 7) is -1.38. The molecule has 18 heavy (non-hydrogen) atoms. The van der Waals surface area contributed by atoms with Crippen LogP contribution in [-0.4, -0.2) is 18.5 Å². The number of urea groups is 1. The first kappa shape index (κ1) is 12.3. The maximum absolute atomic E-state index is 12.0. The zero-order chi connectivity index (χ0) is 13.3. The predicted molar refractivity (Wildman–Crippen MR) is 57.1 cm³/mol. The van der Waals surface area contributed by atoms with Gasteiger partial charge < -0.3 is 10.1 Å². The second-order valence-corrected chi connectivity index (χ2v) is 3.94. The van der Waals surface area contributed by atoms with Crippen molar-refractivity contribution in [3.05, 3.63) is 29.8 Å². The van der Waals surface area contributed by atoms with Crippen molar-refractivity contribution in [3.8, 4) is 5.75 Å². The highest BCUT2D eigenvalue weighted by atomic mass is 19.3. The molecule has 1 atom stereocenters. The SMILES string of the molecule is CC1(c2ccc(OC(F)F)cc2)NC(=O)NC1=O. The molecule has 1 aromatic rings. The molecule has 2 rings (SSSR count). The summed E-state index contributed by atoms with van der Waals surface area (Å²) < 4.78 is 28.1. The van der Waals surface area contributed by atoms with Crippen LogP contribution in [0.3, 0.4) is 0 Å². The molecule has 1 aliphatic rings. The van der Waals surface area contributed by atoms with E-state index in [9.17, 15) is 18.4 Å². The minimum absolute atomic E-state index is 0.0120. The van der Waals surface area contributed by atoms with Gasteiger partial charge in [-0.25, -0.2) is 4.79 Å². The zero-order valence-corrected chi connectivity index (χ0v) is 9.37. The third-order valence-electron chi connectivity index (χ3n) is 2.70. The lowest BCUT2D eigenvalue weighted by molar-refractivity contribution is -0.123. The van der Waals surface area contributed by atoms with Gasteiger partial charge in [0.05, 0.1) is 0 Å². The lowest BCUT2D eigenvalue weighted by Crippen LogP contribution is -2.40. The Kier molecular flexibility index (Phi) is 2.90. The van der Waals surface area contributed by atoms with Crippen molar-refractivity contribution in [2.75, 3.05) is 0 Å². The molecule has 1 aliphatic heterocycles. The molecule has 7 heteroatoms. The number of amides is 3. The molecular formula is C11H10F2N2O3. The summed E-state index contributed by atoms with van der Waals surface area (Å²) >= 11 is 0. The van der Waals surface area contributed by atoms with E-state index in [-0.39, 0.29) is 5.75 Å². The van der Waals surface area contributed by atoms with Gasteiger partial charge in [-0.2, -0.15) is 8.78 Å². The van der Waals surface area contributed by atoms with Crippen molar-refractivity contribution in [2.45, 2.75) is 19.1 Å². The number of hydrogen-bond acceptors (Lipinski definition) is 3. The Morgan fingerprint density at radius 3 is 2.28 bits per heavy atom. The molecule has 96 valence electrons. The van der Waals surface area contributed by atoms with Gasteiger partial charge in [-0.1, -0.05) is 12.1 Å². The van der Waals surface area contributed by atoms with Crippen molar-refractivity contribution in [2.24, 2.45) is 0 Å². The van der Waals surface area contributed by atoms with Crippen molar-refractivity contribution in [3.63, 3.8) is 0 Å². The molecule has 0 saturated carbocycles. The molecule has 5 nitrogen and oxygen atoms in total. The first-order chi connectivity index (χ1) is 8.41. The largest absolute Gasteiger partial charge is 0.435 e. The topological polar surface area (TPSA) is 67.4 Å². The maximum Gasteiger partial charge on any atom is 0.387 e. The van der Waals surface area contributed by atoms with Gasteiger partial charge in [0, 0.05) is 0 Å². The van der Waals surface area contributed by atoms with E-state index in [4.69, 9.17) is 0 Å². The van der Waals surface area contributed by atoms with Gasteiger partial charge in [-0.15, -0.1) is 0 Å². The summed E-state index contributed by atoms with van der Waals surface area (Å²) in [5, 5.41) is 4.58. The molecule has 0 aromatic heterocycles. The highest BCUT2D eigenvalue weighted by Crippen LogP contribution is 2.26. The van der Waals surface area contributed by atoms with E-state index in [1.165, 1.54) is 31.2 Å². The summed E-state index contributed by atoms with van der Waals surface area (Å²) in [7, 11) is 0. The van der Waals surface area contributed by atoms with Crippen LogP contribution in [0.4, 0.5) is 13.6 Å². The first-order valence-electron chi connectivity index (χ1n) is 5.11. The normalized spacial score (nSPS) is 22.9. The Morgan fingerprint density at radius 1 is 1.22 bits per heavy atom. The summed E-state index contributed by atoms with van der Waals surface area (Å²) in [5.74, 6) is -0.503. The number of hydrogen-bond donors (Lipinski definition) is 2. The van der Waals surface area contributed by atoms with E-state index < -0.39 is 24.1 Å². The van der Waals surface area contributed by atoms with Crippen LogP contribution in [0.25, 0.3) is 0 Å². The van der Waals surface area contributed by atoms with Gasteiger partial charge in [0.25, 0.3) is 5.91 Å². The molecule has 1 aromatic carbocycles. The smallest absolute Gasteiger partial charge is 0.387 e. The predicted octanol–water partition coefficient (Wildman–Crippen LogP) is 1.34. The highest BCUT2D eigenvalue weighted by Gasteiger charge is 2.43. The van der Waals surface area contributed by atoms with E-state index in [0.29, 0.717) is 5.56 Å². The van der Waals surface area contributed by atoms with Crippen LogP contribution in [0.5, 0.6) is 5.75 Å². The van der Waals surface area contributed by atoms with E-state index in [2.05, 4.69) is 15.4 Å². The molecule has 1 heterocycles. The zero-order valence-electron chi connectivity index (χ0n) is 9.37. The van der Waals surface area contributed by atoms with Gasteiger partial charge in [0.15, 0.2) is 0 Å². The average Bonchev–Trinajstić information content (AvgIpc) is 2.53. The van der Waals surface area contributed by atoms with Crippen molar-refractivity contribution in [1.82, 2.24) is 10.6 Å². The molecule has 2 N–H and O–H groups in total. The first-order valence-corrected chi connectivity index (χ1v) is 5.11. The number of carbonyl (C=O) groups excluding carboxylic acids is 2. The lowest BCUT2D eigenvalue weighted by atomic mass is 9.92. The fourth-order valence-electron chi connectivity index (χ4n) is 1.72. The molecule has 1 saturated heterocycles. The van der Waals surface area contributed by atoms with E-state index in [0.717, 1.165) is 0 Å². The Morgan fingerprint density at radius 2 is 1.83 bits per heavy atom. The molecule has 0 radical (unpaired) electrons. The number of imide groups is 1. The Labute approximate surface area is 101 Å². The summed E-state index contributed by atoms with van der Waals surface area (Å²) in [5.41, 5.74) is -0.715. The molecular weight excluding hydrogens is 246 g/mol. The fraction of sp³-hybridized carbons (Fsp3) is 0.273. The Hall–Kier alpha value is -2.18. The summed E-state index contributed by atoms with van der Waals surface area (Å²) in [4.78, 5) is 22.7. The van der Waals surface area contributed by atoms with Crippen molar-refractivity contribution in [1.29, 1.82) is 0 Å². The lowest BCUT2D eigenvalue weighted by Gasteiger charge is -2.21. The van der Waals surface area contributed by atoms with Gasteiger partial charge in [0.2, 0.25) is 0 Å². The third kappa shape index (κ3) is 2.11. The number of rotatable bonds is 3. The molecule has 0 bridgehead atoms. The van der Waals surface area contributed by atoms with Crippen molar-refractivity contribution >= 4 is 11.9 Å². The van der Waals surface area contributed by atoms with E-state index in [1.807, 2.05) is 0 Å². The van der Waals surface area contributed by atoms with Gasteiger partial charge in [-0.05, 0) is 24.6 Å². The monoisotopic (exact) mass is 256 g/mol. The van der Waals surface area contributed by atoms with Crippen LogP contribution < -0.4 is 15.4 Å². The quantitative estimate of drug-likeness (QED) is 0.802. The van der Waals surface area contributed by atoms with Crippen LogP contribution in [0, 0.1) is 0 Å². The number of alkyl halides is 2. The van der Waals surface area contributed by atoms with Crippen LogP contribution >= 0.6 is 0 Å². The van der Waals surface area contributed by atoms with Crippen LogP contribution in [-0.2, 0) is 10.3 Å². The number of benzene rings is 1. The Bertz CT molecular complexity index is 490. The maximum atomic E-state index is 12.0. The fourth-order valence-corrected chi connectivity index (χ4v) is 1.72. The van der Waals surface area contributed by atoms with Gasteiger partial charge in [0.1, 0.15) is 11.3 Å². The Balaban J connectivity index is 2.24. The molecule has 3 amide bonds. The van der Waals surface area contributed by atoms with E-state index in [1.54, 1.807) is 0 Å². The highest BCUT2D eigenvalue weighted by molar-refractivity contribution is 6.07. The third-order valence-corrected chi connectivity index (χ3v) is 2.70. The number of carbonyl (C=O) groups is 2. The minimum atomic E-state index is -2.90. The average molecular weight is 256 g/mol. The minimum Gasteiger partial charge on any atom is -0.435 e. The summed E-state index contributed by atoms with van der Waals surface area (Å²) in [6, 6.07) is 4.93.